The van der Waals surface area contributed by atoms with Crippen LogP contribution in [0.1, 0.15) is 11.1 Å². The molecule has 0 saturated heterocycles. The molecule has 0 atom stereocenters. The van der Waals surface area contributed by atoms with Crippen molar-refractivity contribution in [1.82, 2.24) is 0 Å². The zero-order chi connectivity index (χ0) is 9.97. The van der Waals surface area contributed by atoms with E-state index in [4.69, 9.17) is 5.11 Å². The Morgan fingerprint density at radius 3 is 2.36 bits per heavy atom. The predicted octanol–water partition coefficient (Wildman–Crippen LogP) is 1.82. The molecule has 0 aliphatic heterocycles. The van der Waals surface area contributed by atoms with Crippen LogP contribution >= 0.6 is 0 Å². The lowest BCUT2D eigenvalue weighted by Crippen LogP contribution is -1.94. The first-order valence-electron chi connectivity index (χ1n) is 4.58. The first-order chi connectivity index (χ1) is 6.86. The van der Waals surface area contributed by atoms with Gasteiger partial charge in [0.1, 0.15) is 0 Å². The van der Waals surface area contributed by atoms with Crippen LogP contribution in [-0.4, -0.2) is 10.2 Å². The van der Waals surface area contributed by atoms with Crippen molar-refractivity contribution >= 4 is 10.8 Å². The molecule has 0 aliphatic carbocycles. The van der Waals surface area contributed by atoms with Gasteiger partial charge < -0.3 is 10.2 Å². The van der Waals surface area contributed by atoms with Gasteiger partial charge in [0.15, 0.2) is 0 Å². The first-order valence-corrected chi connectivity index (χ1v) is 4.58. The van der Waals surface area contributed by atoms with Crippen LogP contribution in [0.4, 0.5) is 0 Å². The van der Waals surface area contributed by atoms with Crippen molar-refractivity contribution in [1.29, 1.82) is 0 Å². The minimum atomic E-state index is -0.0305. The summed E-state index contributed by atoms with van der Waals surface area (Å²) in [5.74, 6) is 0. The maximum absolute atomic E-state index is 9.24. The Morgan fingerprint density at radius 2 is 1.64 bits per heavy atom. The van der Waals surface area contributed by atoms with Crippen LogP contribution in [0.3, 0.4) is 0 Å². The highest BCUT2D eigenvalue weighted by molar-refractivity contribution is 5.86. The Balaban J connectivity index is 2.77. The molecule has 0 heterocycles. The summed E-state index contributed by atoms with van der Waals surface area (Å²) in [4.78, 5) is 0. The standard InChI is InChI=1S/C12H12O2/c13-7-10-6-5-9-3-1-2-4-11(9)12(10)8-14/h1-6,13-14H,7-8H2. The van der Waals surface area contributed by atoms with Crippen molar-refractivity contribution in [2.75, 3.05) is 0 Å². The molecule has 14 heavy (non-hydrogen) atoms. The summed E-state index contributed by atoms with van der Waals surface area (Å²) < 4.78 is 0. The van der Waals surface area contributed by atoms with E-state index >= 15 is 0 Å². The summed E-state index contributed by atoms with van der Waals surface area (Å²) in [6.07, 6.45) is 0. The minimum Gasteiger partial charge on any atom is -0.392 e. The summed E-state index contributed by atoms with van der Waals surface area (Å²) in [6.45, 7) is -0.0576. The van der Waals surface area contributed by atoms with E-state index in [2.05, 4.69) is 0 Å². The number of benzene rings is 2. The molecule has 2 N–H and O–H groups in total. The molecule has 0 spiro atoms. The van der Waals surface area contributed by atoms with E-state index < -0.39 is 0 Å². The maximum atomic E-state index is 9.24. The molecule has 0 radical (unpaired) electrons. The van der Waals surface area contributed by atoms with Gasteiger partial charge in [-0.2, -0.15) is 0 Å². The molecule has 2 rings (SSSR count). The third-order valence-corrected chi connectivity index (χ3v) is 2.47. The molecule has 0 fully saturated rings. The number of aliphatic hydroxyl groups is 2. The highest BCUT2D eigenvalue weighted by Gasteiger charge is 2.04. The zero-order valence-corrected chi connectivity index (χ0v) is 7.77. The summed E-state index contributed by atoms with van der Waals surface area (Å²) >= 11 is 0. The Kier molecular flexibility index (Phi) is 2.48. The van der Waals surface area contributed by atoms with Crippen molar-refractivity contribution in [3.63, 3.8) is 0 Å². The normalized spacial score (nSPS) is 10.7. The van der Waals surface area contributed by atoms with Crippen molar-refractivity contribution in [2.24, 2.45) is 0 Å². The van der Waals surface area contributed by atoms with E-state index in [-0.39, 0.29) is 13.2 Å². The van der Waals surface area contributed by atoms with Crippen LogP contribution in [0.15, 0.2) is 36.4 Å². The lowest BCUT2D eigenvalue weighted by Gasteiger charge is -2.08. The Morgan fingerprint density at radius 1 is 0.857 bits per heavy atom. The molecule has 72 valence electrons. The zero-order valence-electron chi connectivity index (χ0n) is 7.77. The van der Waals surface area contributed by atoms with E-state index in [0.717, 1.165) is 21.9 Å². The quantitative estimate of drug-likeness (QED) is 0.754. The molecule has 0 aromatic heterocycles. The summed E-state index contributed by atoms with van der Waals surface area (Å²) in [5, 5.41) is 20.4. The SMILES string of the molecule is OCc1ccc2ccccc2c1CO. The molecule has 0 amide bonds. The van der Waals surface area contributed by atoms with Gasteiger partial charge in [-0.05, 0) is 21.9 Å². The molecular formula is C12H12O2. The molecule has 2 nitrogen and oxygen atoms in total. The van der Waals surface area contributed by atoms with E-state index in [1.54, 1.807) is 0 Å². The first kappa shape index (κ1) is 9.19. The number of rotatable bonds is 2. The maximum Gasteiger partial charge on any atom is 0.0691 e. The Bertz CT molecular complexity index is 449. The van der Waals surface area contributed by atoms with Crippen LogP contribution in [0.5, 0.6) is 0 Å². The molecule has 0 saturated carbocycles. The van der Waals surface area contributed by atoms with Crippen molar-refractivity contribution in [3.8, 4) is 0 Å². The average Bonchev–Trinajstić information content (AvgIpc) is 2.27. The highest BCUT2D eigenvalue weighted by atomic mass is 16.3. The van der Waals surface area contributed by atoms with Gasteiger partial charge in [-0.25, -0.2) is 0 Å². The van der Waals surface area contributed by atoms with Crippen LogP contribution in [0, 0.1) is 0 Å². The van der Waals surface area contributed by atoms with E-state index in [9.17, 15) is 5.11 Å². The lowest BCUT2D eigenvalue weighted by molar-refractivity contribution is 0.261. The smallest absolute Gasteiger partial charge is 0.0691 e. The lowest BCUT2D eigenvalue weighted by atomic mass is 10.00. The second-order valence-corrected chi connectivity index (χ2v) is 3.24. The molecule has 2 aromatic rings. The van der Waals surface area contributed by atoms with Crippen LogP contribution in [-0.2, 0) is 13.2 Å². The fraction of sp³-hybridized carbons (Fsp3) is 0.167. The number of hydrogen-bond donors (Lipinski definition) is 2. The average molecular weight is 188 g/mol. The van der Waals surface area contributed by atoms with Gasteiger partial charge in [0.25, 0.3) is 0 Å². The number of aliphatic hydroxyl groups excluding tert-OH is 2. The van der Waals surface area contributed by atoms with Crippen molar-refractivity contribution in [2.45, 2.75) is 13.2 Å². The molecule has 2 aromatic carbocycles. The third-order valence-electron chi connectivity index (χ3n) is 2.47. The predicted molar refractivity (Wildman–Crippen MR) is 55.8 cm³/mol. The summed E-state index contributed by atoms with van der Waals surface area (Å²) in [6, 6.07) is 11.7. The molecule has 0 aliphatic rings. The van der Waals surface area contributed by atoms with Crippen molar-refractivity contribution in [3.05, 3.63) is 47.5 Å². The number of fused-ring (bicyclic) bond motifs is 1. The van der Waals surface area contributed by atoms with Crippen molar-refractivity contribution < 1.29 is 10.2 Å². The fourth-order valence-electron chi connectivity index (χ4n) is 1.72. The van der Waals surface area contributed by atoms with Gasteiger partial charge in [-0.15, -0.1) is 0 Å². The molecule has 0 bridgehead atoms. The van der Waals surface area contributed by atoms with E-state index in [0.29, 0.717) is 0 Å². The van der Waals surface area contributed by atoms with Gasteiger partial charge in [-0.1, -0.05) is 36.4 Å². The summed E-state index contributed by atoms with van der Waals surface area (Å²) in [7, 11) is 0. The Labute approximate surface area is 82.4 Å². The molecule has 0 unspecified atom stereocenters. The van der Waals surface area contributed by atoms with Gasteiger partial charge in [0.2, 0.25) is 0 Å². The second kappa shape index (κ2) is 3.78. The van der Waals surface area contributed by atoms with Gasteiger partial charge >= 0.3 is 0 Å². The minimum absolute atomic E-state index is 0.0271. The molecule has 2 heteroatoms. The van der Waals surface area contributed by atoms with Crippen LogP contribution in [0.2, 0.25) is 0 Å². The van der Waals surface area contributed by atoms with E-state index in [1.165, 1.54) is 0 Å². The van der Waals surface area contributed by atoms with E-state index in [1.807, 2.05) is 36.4 Å². The van der Waals surface area contributed by atoms with Crippen LogP contribution < -0.4 is 0 Å². The van der Waals surface area contributed by atoms with Gasteiger partial charge in [0.05, 0.1) is 13.2 Å². The Hall–Kier alpha value is -1.38. The second-order valence-electron chi connectivity index (χ2n) is 3.24. The monoisotopic (exact) mass is 188 g/mol. The van der Waals surface area contributed by atoms with Gasteiger partial charge in [-0.3, -0.25) is 0 Å². The fourth-order valence-corrected chi connectivity index (χ4v) is 1.72. The van der Waals surface area contributed by atoms with Gasteiger partial charge in [0, 0.05) is 0 Å². The van der Waals surface area contributed by atoms with Crippen LogP contribution in [0.25, 0.3) is 10.8 Å². The highest BCUT2D eigenvalue weighted by Crippen LogP contribution is 2.22. The number of hydrogen-bond acceptors (Lipinski definition) is 2. The summed E-state index contributed by atoms with van der Waals surface area (Å²) in [5.41, 5.74) is 1.62. The molecular weight excluding hydrogens is 176 g/mol. The third kappa shape index (κ3) is 1.39. The largest absolute Gasteiger partial charge is 0.392 e. The topological polar surface area (TPSA) is 40.5 Å².